The Bertz CT molecular complexity index is 1600. The fraction of sp³-hybridized carbons (Fsp3) is 0.222. The van der Waals surface area contributed by atoms with Crippen LogP contribution >= 0.6 is 0 Å². The third kappa shape index (κ3) is 5.72. The van der Waals surface area contributed by atoms with E-state index in [0.29, 0.717) is 34.9 Å². The molecule has 5 rings (SSSR count). The zero-order valence-corrected chi connectivity index (χ0v) is 21.4. The van der Waals surface area contributed by atoms with Crippen LogP contribution in [0, 0.1) is 6.92 Å². The molecule has 2 heterocycles. The molecule has 40 heavy (non-hydrogen) atoms. The maximum Gasteiger partial charge on any atom is 0.416 e. The Balaban J connectivity index is 1.45. The largest absolute Gasteiger partial charge is 0.476 e. The number of carboxylic acid groups (broad SMARTS) is 1. The van der Waals surface area contributed by atoms with Gasteiger partial charge in [0.05, 0.1) is 5.56 Å². The number of aromatic carboxylic acids is 1. The number of nitrogens with zero attached hydrogens (tertiary/aromatic N) is 5. The Morgan fingerprint density at radius 2 is 1.85 bits per heavy atom. The number of aryl methyl sites for hydroxylation is 1. The van der Waals surface area contributed by atoms with Crippen molar-refractivity contribution < 1.29 is 27.9 Å². The number of benzene rings is 2. The van der Waals surface area contributed by atoms with Gasteiger partial charge in [-0.1, -0.05) is 12.1 Å². The van der Waals surface area contributed by atoms with E-state index < -0.39 is 23.6 Å². The fourth-order valence-corrected chi connectivity index (χ4v) is 3.96. The van der Waals surface area contributed by atoms with Gasteiger partial charge in [0.2, 0.25) is 0 Å². The molecule has 0 spiro atoms. The van der Waals surface area contributed by atoms with Gasteiger partial charge in [0.15, 0.2) is 11.5 Å². The summed E-state index contributed by atoms with van der Waals surface area (Å²) in [5, 5.41) is 20.2. The molecule has 0 saturated heterocycles. The molecule has 206 valence electrons. The van der Waals surface area contributed by atoms with Crippen LogP contribution in [-0.4, -0.2) is 49.8 Å². The lowest BCUT2D eigenvalue weighted by molar-refractivity contribution is -0.137. The van der Waals surface area contributed by atoms with Crippen LogP contribution in [0.1, 0.15) is 44.8 Å². The van der Waals surface area contributed by atoms with Gasteiger partial charge in [-0.05, 0) is 55.7 Å². The molecule has 0 aliphatic heterocycles. The first-order chi connectivity index (χ1) is 19.0. The predicted octanol–water partition coefficient (Wildman–Crippen LogP) is 5.28. The van der Waals surface area contributed by atoms with Gasteiger partial charge >= 0.3 is 12.1 Å². The molecular formula is C27H24F3N7O3. The summed E-state index contributed by atoms with van der Waals surface area (Å²) >= 11 is 0. The van der Waals surface area contributed by atoms with Crippen molar-refractivity contribution in [1.29, 1.82) is 0 Å². The van der Waals surface area contributed by atoms with Gasteiger partial charge in [-0.25, -0.2) is 14.8 Å². The van der Waals surface area contributed by atoms with Gasteiger partial charge in [-0.15, -0.1) is 0 Å². The monoisotopic (exact) mass is 551 g/mol. The van der Waals surface area contributed by atoms with Crippen LogP contribution < -0.4 is 15.5 Å². The third-order valence-corrected chi connectivity index (χ3v) is 6.34. The van der Waals surface area contributed by atoms with Crippen molar-refractivity contribution in [3.8, 4) is 5.82 Å². The predicted molar refractivity (Wildman–Crippen MR) is 141 cm³/mol. The Labute approximate surface area is 226 Å². The van der Waals surface area contributed by atoms with E-state index in [1.165, 1.54) is 41.2 Å². The molecule has 1 fully saturated rings. The molecule has 0 unspecified atom stereocenters. The van der Waals surface area contributed by atoms with Crippen molar-refractivity contribution in [2.24, 2.45) is 0 Å². The molecule has 1 amide bonds. The number of carbonyl (C=O) groups is 2. The summed E-state index contributed by atoms with van der Waals surface area (Å²) in [7, 11) is 1.46. The van der Waals surface area contributed by atoms with Crippen molar-refractivity contribution in [2.45, 2.75) is 32.0 Å². The lowest BCUT2D eigenvalue weighted by Gasteiger charge is -2.20. The molecule has 1 aliphatic carbocycles. The second kappa shape index (κ2) is 10.3. The number of rotatable bonds is 8. The van der Waals surface area contributed by atoms with E-state index >= 15 is 0 Å². The average Bonchev–Trinajstić information content (AvgIpc) is 3.64. The van der Waals surface area contributed by atoms with Crippen LogP contribution in [0.15, 0.2) is 60.9 Å². The number of hydrogen-bond acceptors (Lipinski definition) is 7. The van der Waals surface area contributed by atoms with Crippen LogP contribution in [0.4, 0.5) is 36.2 Å². The van der Waals surface area contributed by atoms with Crippen molar-refractivity contribution >= 4 is 34.9 Å². The summed E-state index contributed by atoms with van der Waals surface area (Å²) in [6, 6.07) is 12.6. The quantitative estimate of drug-likeness (QED) is 0.270. The van der Waals surface area contributed by atoms with Crippen molar-refractivity contribution in [2.75, 3.05) is 22.6 Å². The minimum absolute atomic E-state index is 0.115. The average molecular weight is 552 g/mol. The highest BCUT2D eigenvalue weighted by Crippen LogP contribution is 2.32. The van der Waals surface area contributed by atoms with Gasteiger partial charge < -0.3 is 20.6 Å². The summed E-state index contributed by atoms with van der Waals surface area (Å²) in [5.74, 6) is -0.655. The molecule has 0 atom stereocenters. The molecule has 1 aliphatic rings. The summed E-state index contributed by atoms with van der Waals surface area (Å²) in [6.45, 7) is 1.81. The van der Waals surface area contributed by atoms with Crippen LogP contribution in [0.5, 0.6) is 0 Å². The van der Waals surface area contributed by atoms with Gasteiger partial charge in [-0.3, -0.25) is 4.79 Å². The van der Waals surface area contributed by atoms with E-state index in [0.717, 1.165) is 30.5 Å². The number of anilines is 4. The standard InChI is InChI=1S/C27H24F3N7O3/c1-15-6-9-19(36(2)25(38)16-4-3-5-17(10-16)27(28,29)30)11-20(15)34-24-12-21(26(39)40)35-37(24)23-13-22(31-14-32-23)33-18-7-8-18/h3-6,9-14,18,34H,7-8H2,1-2H3,(H,39,40)(H,31,32,33). The first-order valence-electron chi connectivity index (χ1n) is 12.2. The molecule has 2 aromatic heterocycles. The van der Waals surface area contributed by atoms with Crippen LogP contribution in [0.25, 0.3) is 5.82 Å². The van der Waals surface area contributed by atoms with Gasteiger partial charge in [0.1, 0.15) is 18.0 Å². The molecule has 1 saturated carbocycles. The lowest BCUT2D eigenvalue weighted by Crippen LogP contribution is -2.26. The first kappa shape index (κ1) is 26.7. The zero-order chi connectivity index (χ0) is 28.6. The number of amides is 1. The Morgan fingerprint density at radius 1 is 1.07 bits per heavy atom. The first-order valence-corrected chi connectivity index (χ1v) is 12.2. The van der Waals surface area contributed by atoms with Gasteiger partial charge in [0.25, 0.3) is 5.91 Å². The number of carboxylic acids is 1. The number of carbonyl (C=O) groups excluding carboxylic acids is 1. The highest BCUT2D eigenvalue weighted by molar-refractivity contribution is 6.06. The van der Waals surface area contributed by atoms with Crippen LogP contribution in [0.3, 0.4) is 0 Å². The maximum absolute atomic E-state index is 13.2. The summed E-state index contributed by atoms with van der Waals surface area (Å²) in [5.41, 5.74) is 0.426. The Kier molecular flexibility index (Phi) is 6.88. The lowest BCUT2D eigenvalue weighted by atomic mass is 10.1. The van der Waals surface area contributed by atoms with E-state index in [1.54, 1.807) is 24.3 Å². The van der Waals surface area contributed by atoms with E-state index in [9.17, 15) is 27.9 Å². The normalized spacial score (nSPS) is 13.1. The van der Waals surface area contributed by atoms with Crippen molar-refractivity contribution in [3.05, 3.63) is 83.3 Å². The fourth-order valence-electron chi connectivity index (χ4n) is 3.96. The molecule has 2 aromatic carbocycles. The second-order valence-corrected chi connectivity index (χ2v) is 9.38. The zero-order valence-electron chi connectivity index (χ0n) is 21.4. The van der Waals surface area contributed by atoms with Crippen molar-refractivity contribution in [3.63, 3.8) is 0 Å². The van der Waals surface area contributed by atoms with Gasteiger partial charge in [0, 0.05) is 42.2 Å². The maximum atomic E-state index is 13.2. The molecule has 13 heteroatoms. The minimum atomic E-state index is -4.58. The number of halogens is 3. The minimum Gasteiger partial charge on any atom is -0.476 e. The highest BCUT2D eigenvalue weighted by Gasteiger charge is 2.31. The van der Waals surface area contributed by atoms with E-state index in [-0.39, 0.29) is 11.3 Å². The van der Waals surface area contributed by atoms with Crippen LogP contribution in [0.2, 0.25) is 0 Å². The molecule has 0 radical (unpaired) electrons. The third-order valence-electron chi connectivity index (χ3n) is 6.34. The number of nitrogens with one attached hydrogen (secondary N) is 2. The topological polar surface area (TPSA) is 125 Å². The number of alkyl halides is 3. The van der Waals surface area contributed by atoms with Crippen molar-refractivity contribution in [1.82, 2.24) is 19.7 Å². The smallest absolute Gasteiger partial charge is 0.416 e. The summed E-state index contributed by atoms with van der Waals surface area (Å²) < 4.78 is 40.8. The number of aromatic nitrogens is 4. The molecular weight excluding hydrogens is 527 g/mol. The SMILES string of the molecule is Cc1ccc(N(C)C(=O)c2cccc(C(F)(F)F)c2)cc1Nc1cc(C(=O)O)nn1-c1cc(NC2CC2)ncn1. The molecule has 0 bridgehead atoms. The molecule has 3 N–H and O–H groups in total. The van der Waals surface area contributed by atoms with E-state index in [2.05, 4.69) is 25.7 Å². The Hall–Kier alpha value is -4.94. The van der Waals surface area contributed by atoms with Crippen LogP contribution in [-0.2, 0) is 6.18 Å². The highest BCUT2D eigenvalue weighted by atomic mass is 19.4. The molecule has 10 nitrogen and oxygen atoms in total. The number of hydrogen-bond donors (Lipinski definition) is 3. The van der Waals surface area contributed by atoms with E-state index in [1.807, 2.05) is 6.92 Å². The van der Waals surface area contributed by atoms with Gasteiger partial charge in [-0.2, -0.15) is 23.0 Å². The second-order valence-electron chi connectivity index (χ2n) is 9.38. The Morgan fingerprint density at radius 3 is 2.55 bits per heavy atom. The summed E-state index contributed by atoms with van der Waals surface area (Å²) in [6.07, 6.45) is -1.15. The summed E-state index contributed by atoms with van der Waals surface area (Å²) in [4.78, 5) is 34.4. The molecule has 4 aromatic rings. The van der Waals surface area contributed by atoms with E-state index in [4.69, 9.17) is 0 Å².